The van der Waals surface area contributed by atoms with E-state index in [9.17, 15) is 9.59 Å². The number of amides is 1. The first-order valence-corrected chi connectivity index (χ1v) is 11.4. The first-order chi connectivity index (χ1) is 15.5. The van der Waals surface area contributed by atoms with Gasteiger partial charge in [-0.05, 0) is 56.6 Å². The Kier molecular flexibility index (Phi) is 6.36. The van der Waals surface area contributed by atoms with Crippen molar-refractivity contribution in [2.45, 2.75) is 24.8 Å². The predicted molar refractivity (Wildman–Crippen MR) is 129 cm³/mol. The summed E-state index contributed by atoms with van der Waals surface area (Å²) in [4.78, 5) is 28.0. The molecular formula is C24H27N5O2S. The van der Waals surface area contributed by atoms with Crippen LogP contribution in [-0.4, -0.2) is 47.8 Å². The molecule has 8 heteroatoms. The molecule has 1 fully saturated rings. The van der Waals surface area contributed by atoms with Crippen LogP contribution in [0.5, 0.6) is 0 Å². The normalized spacial score (nSPS) is 14.5. The third-order valence-corrected chi connectivity index (χ3v) is 7.17. The van der Waals surface area contributed by atoms with Crippen LogP contribution in [0.4, 0.5) is 0 Å². The molecule has 0 radical (unpaired) electrons. The zero-order valence-corrected chi connectivity index (χ0v) is 19.0. The van der Waals surface area contributed by atoms with E-state index in [0.717, 1.165) is 39.3 Å². The minimum absolute atomic E-state index is 0.107. The SMILES string of the molecule is CNC(=O)c1ccc(-c2cn3c(n2)sc2cc(C=O)ccc23)cc1.CNC1(CN)CCC1. The smallest absolute Gasteiger partial charge is 0.251 e. The molecule has 32 heavy (non-hydrogen) atoms. The van der Waals surface area contributed by atoms with Gasteiger partial charge in [0.05, 0.1) is 15.9 Å². The zero-order valence-electron chi connectivity index (χ0n) is 18.2. The summed E-state index contributed by atoms with van der Waals surface area (Å²) in [6.07, 6.45) is 6.70. The van der Waals surface area contributed by atoms with Gasteiger partial charge in [0.25, 0.3) is 5.91 Å². The molecule has 0 bridgehead atoms. The molecule has 5 rings (SSSR count). The molecule has 1 saturated carbocycles. The highest BCUT2D eigenvalue weighted by Gasteiger charge is 2.33. The Morgan fingerprint density at radius 1 is 1.22 bits per heavy atom. The number of nitrogens with two attached hydrogens (primary N) is 1. The van der Waals surface area contributed by atoms with Gasteiger partial charge in [-0.2, -0.15) is 0 Å². The standard InChI is InChI=1S/C18H13N3O2S.C6H14N2/c1-19-17(23)13-5-3-12(4-6-13)14-9-21-15-7-2-11(10-22)8-16(15)24-18(21)20-14;1-8-6(5-7)3-2-4-6/h2-10H,1H3,(H,19,23);8H,2-5,7H2,1H3. The maximum atomic E-state index is 11.6. The van der Waals surface area contributed by atoms with E-state index in [1.165, 1.54) is 19.3 Å². The van der Waals surface area contributed by atoms with E-state index in [-0.39, 0.29) is 5.91 Å². The molecule has 4 aromatic rings. The van der Waals surface area contributed by atoms with Crippen LogP contribution in [0.25, 0.3) is 26.4 Å². The fourth-order valence-corrected chi connectivity index (χ4v) is 4.88. The van der Waals surface area contributed by atoms with Crippen molar-refractivity contribution in [1.82, 2.24) is 20.0 Å². The van der Waals surface area contributed by atoms with Crippen molar-refractivity contribution in [2.75, 3.05) is 20.6 Å². The maximum Gasteiger partial charge on any atom is 0.251 e. The molecule has 166 valence electrons. The molecule has 1 aliphatic rings. The van der Waals surface area contributed by atoms with Crippen molar-refractivity contribution in [3.8, 4) is 11.3 Å². The lowest BCUT2D eigenvalue weighted by Gasteiger charge is -2.40. The van der Waals surface area contributed by atoms with Crippen molar-refractivity contribution in [3.05, 3.63) is 59.8 Å². The number of nitrogens with zero attached hydrogens (tertiary/aromatic N) is 2. The average molecular weight is 450 g/mol. The van der Waals surface area contributed by atoms with E-state index in [2.05, 4.69) is 15.6 Å². The van der Waals surface area contributed by atoms with Gasteiger partial charge in [-0.1, -0.05) is 23.5 Å². The fourth-order valence-electron chi connectivity index (χ4n) is 3.83. The molecular weight excluding hydrogens is 422 g/mol. The van der Waals surface area contributed by atoms with E-state index < -0.39 is 0 Å². The third-order valence-electron chi connectivity index (χ3n) is 6.16. The Morgan fingerprint density at radius 2 is 1.97 bits per heavy atom. The summed E-state index contributed by atoms with van der Waals surface area (Å²) < 4.78 is 3.06. The summed E-state index contributed by atoms with van der Waals surface area (Å²) in [6, 6.07) is 13.0. The second-order valence-electron chi connectivity index (χ2n) is 7.97. The van der Waals surface area contributed by atoms with Gasteiger partial charge in [0.2, 0.25) is 0 Å². The van der Waals surface area contributed by atoms with E-state index in [4.69, 9.17) is 5.73 Å². The Labute approximate surface area is 190 Å². The second kappa shape index (κ2) is 9.20. The molecule has 0 unspecified atom stereocenters. The molecule has 1 aliphatic carbocycles. The summed E-state index contributed by atoms with van der Waals surface area (Å²) in [5.41, 5.74) is 9.97. The van der Waals surface area contributed by atoms with Crippen LogP contribution in [0, 0.1) is 0 Å². The van der Waals surface area contributed by atoms with Crippen molar-refractivity contribution >= 4 is 38.7 Å². The van der Waals surface area contributed by atoms with Gasteiger partial charge < -0.3 is 16.4 Å². The number of nitrogens with one attached hydrogen (secondary N) is 2. The Balaban J connectivity index is 0.000000260. The molecule has 2 heterocycles. The maximum absolute atomic E-state index is 11.6. The molecule has 2 aromatic heterocycles. The summed E-state index contributed by atoms with van der Waals surface area (Å²) in [5, 5.41) is 5.85. The second-order valence-corrected chi connectivity index (χ2v) is 8.98. The fraction of sp³-hybridized carbons (Fsp3) is 0.292. The summed E-state index contributed by atoms with van der Waals surface area (Å²) in [6.45, 7) is 0.795. The molecule has 4 N–H and O–H groups in total. The highest BCUT2D eigenvalue weighted by molar-refractivity contribution is 7.23. The Hall–Kier alpha value is -3.07. The average Bonchev–Trinajstić information content (AvgIpc) is 3.36. The topological polar surface area (TPSA) is 102 Å². The summed E-state index contributed by atoms with van der Waals surface area (Å²) >= 11 is 1.55. The number of aromatic nitrogens is 2. The highest BCUT2D eigenvalue weighted by Crippen LogP contribution is 2.30. The van der Waals surface area contributed by atoms with E-state index in [1.54, 1.807) is 36.6 Å². The minimum atomic E-state index is -0.107. The number of hydrogen-bond acceptors (Lipinski definition) is 6. The van der Waals surface area contributed by atoms with Crippen molar-refractivity contribution in [3.63, 3.8) is 0 Å². The molecule has 2 aromatic carbocycles. The van der Waals surface area contributed by atoms with Gasteiger partial charge in [0.15, 0.2) is 4.96 Å². The number of imidazole rings is 1. The summed E-state index contributed by atoms with van der Waals surface area (Å²) in [7, 11) is 3.60. The lowest BCUT2D eigenvalue weighted by molar-refractivity contribution is 0.0962. The minimum Gasteiger partial charge on any atom is -0.355 e. The number of thiazole rings is 1. The van der Waals surface area contributed by atoms with Gasteiger partial charge in [-0.15, -0.1) is 0 Å². The van der Waals surface area contributed by atoms with Crippen LogP contribution in [0.1, 0.15) is 40.0 Å². The lowest BCUT2D eigenvalue weighted by atomic mass is 9.77. The van der Waals surface area contributed by atoms with E-state index >= 15 is 0 Å². The molecule has 0 atom stereocenters. The Morgan fingerprint density at radius 3 is 2.50 bits per heavy atom. The van der Waals surface area contributed by atoms with Crippen LogP contribution in [0.2, 0.25) is 0 Å². The number of aldehydes is 1. The lowest BCUT2D eigenvalue weighted by Crippen LogP contribution is -2.54. The molecule has 0 aliphatic heterocycles. The van der Waals surface area contributed by atoms with Crippen LogP contribution < -0.4 is 16.4 Å². The number of rotatable bonds is 5. The van der Waals surface area contributed by atoms with Crippen LogP contribution in [0.15, 0.2) is 48.7 Å². The molecule has 0 spiro atoms. The number of fused-ring (bicyclic) bond motifs is 3. The van der Waals surface area contributed by atoms with Crippen molar-refractivity contribution in [2.24, 2.45) is 5.73 Å². The number of carbonyl (C=O) groups excluding carboxylic acids is 2. The number of carbonyl (C=O) groups is 2. The highest BCUT2D eigenvalue weighted by atomic mass is 32.1. The molecule has 7 nitrogen and oxygen atoms in total. The third kappa shape index (κ3) is 4.17. The first kappa shape index (κ1) is 22.1. The van der Waals surface area contributed by atoms with Gasteiger partial charge in [0.1, 0.15) is 6.29 Å². The Bertz CT molecular complexity index is 1240. The zero-order chi connectivity index (χ0) is 22.7. The monoisotopic (exact) mass is 449 g/mol. The number of benzene rings is 2. The van der Waals surface area contributed by atoms with Crippen LogP contribution in [-0.2, 0) is 0 Å². The van der Waals surface area contributed by atoms with Gasteiger partial charge in [-0.3, -0.25) is 14.0 Å². The van der Waals surface area contributed by atoms with Crippen LogP contribution in [0.3, 0.4) is 0 Å². The predicted octanol–water partition coefficient (Wildman–Crippen LogP) is 3.48. The van der Waals surface area contributed by atoms with E-state index in [0.29, 0.717) is 16.7 Å². The van der Waals surface area contributed by atoms with E-state index in [1.807, 2.05) is 41.9 Å². The van der Waals surface area contributed by atoms with Crippen molar-refractivity contribution < 1.29 is 9.59 Å². The van der Waals surface area contributed by atoms with Gasteiger partial charge >= 0.3 is 0 Å². The van der Waals surface area contributed by atoms with Gasteiger partial charge in [-0.25, -0.2) is 4.98 Å². The number of hydrogen-bond donors (Lipinski definition) is 3. The summed E-state index contributed by atoms with van der Waals surface area (Å²) in [5.74, 6) is -0.107. The largest absolute Gasteiger partial charge is 0.355 e. The van der Waals surface area contributed by atoms with Crippen molar-refractivity contribution in [1.29, 1.82) is 0 Å². The molecule has 1 amide bonds. The first-order valence-electron chi connectivity index (χ1n) is 10.6. The van der Waals surface area contributed by atoms with Gasteiger partial charge in [0, 0.05) is 42.0 Å². The quantitative estimate of drug-likeness (QED) is 0.405. The number of likely N-dealkylation sites (N-methyl/N-ethyl adjacent to an activating group) is 1. The molecule has 0 saturated heterocycles. The van der Waals surface area contributed by atoms with Crippen LogP contribution >= 0.6 is 11.3 Å².